The first-order valence-electron chi connectivity index (χ1n) is 6.12. The van der Waals surface area contributed by atoms with Crippen LogP contribution in [-0.4, -0.2) is 22.8 Å². The van der Waals surface area contributed by atoms with Crippen LogP contribution >= 0.6 is 11.3 Å². The topological polar surface area (TPSA) is 102 Å². The maximum atomic E-state index is 12.5. The number of nitrogens with one attached hydrogen (secondary N) is 1. The minimum Gasteiger partial charge on any atom is -0.381 e. The highest BCUT2D eigenvalue weighted by atomic mass is 32.2. The van der Waals surface area contributed by atoms with Crippen LogP contribution in [-0.2, 0) is 10.0 Å². The average Bonchev–Trinajstić information content (AvgIpc) is 2.98. The smallest absolute Gasteiger partial charge is 0.260 e. The Kier molecular flexibility index (Phi) is 3.40. The van der Waals surface area contributed by atoms with Gasteiger partial charge in [0.2, 0.25) is 0 Å². The van der Waals surface area contributed by atoms with E-state index in [1.165, 1.54) is 15.7 Å². The first-order chi connectivity index (χ1) is 9.99. The first kappa shape index (κ1) is 14.0. The number of imidazole rings is 1. The van der Waals surface area contributed by atoms with Crippen LogP contribution in [0.25, 0.3) is 4.96 Å². The molecule has 9 heteroatoms. The van der Waals surface area contributed by atoms with Gasteiger partial charge in [-0.05, 0) is 18.6 Å². The van der Waals surface area contributed by atoms with Crippen molar-refractivity contribution in [1.29, 1.82) is 0 Å². The number of rotatable bonds is 4. The molecule has 0 aliphatic carbocycles. The van der Waals surface area contributed by atoms with Crippen molar-refractivity contribution in [2.45, 2.75) is 18.0 Å². The standard InChI is InChI=1S/C12H13N5O2S2/c1-8(9-3-2-4-14-7-9)16-21(18,19)11-10(13)15-12-17(11)5-6-20-12/h2-8,16H,13H2,1H3. The molecule has 0 aliphatic rings. The third-order valence-corrected chi connectivity index (χ3v) is 5.35. The highest BCUT2D eigenvalue weighted by molar-refractivity contribution is 7.89. The van der Waals surface area contributed by atoms with E-state index >= 15 is 0 Å². The van der Waals surface area contributed by atoms with E-state index in [0.29, 0.717) is 4.96 Å². The van der Waals surface area contributed by atoms with Gasteiger partial charge in [-0.25, -0.2) is 18.1 Å². The summed E-state index contributed by atoms with van der Waals surface area (Å²) in [7, 11) is -3.79. The van der Waals surface area contributed by atoms with Crippen molar-refractivity contribution < 1.29 is 8.42 Å². The molecule has 0 fully saturated rings. The normalized spacial score (nSPS) is 13.6. The number of hydrogen-bond donors (Lipinski definition) is 2. The highest BCUT2D eigenvalue weighted by Crippen LogP contribution is 2.24. The summed E-state index contributed by atoms with van der Waals surface area (Å²) in [5.41, 5.74) is 6.51. The van der Waals surface area contributed by atoms with Gasteiger partial charge >= 0.3 is 0 Å². The Labute approximate surface area is 125 Å². The number of aromatic nitrogens is 3. The zero-order chi connectivity index (χ0) is 15.0. The molecule has 0 aromatic carbocycles. The van der Waals surface area contributed by atoms with Crippen molar-refractivity contribution in [3.05, 3.63) is 41.7 Å². The first-order valence-corrected chi connectivity index (χ1v) is 8.48. The second kappa shape index (κ2) is 5.10. The molecule has 0 aliphatic heterocycles. The fourth-order valence-corrected chi connectivity index (χ4v) is 4.26. The second-order valence-electron chi connectivity index (χ2n) is 4.49. The van der Waals surface area contributed by atoms with Gasteiger partial charge in [-0.3, -0.25) is 9.38 Å². The molecule has 0 saturated heterocycles. The third kappa shape index (κ3) is 2.50. The van der Waals surface area contributed by atoms with Crippen LogP contribution in [0, 0.1) is 0 Å². The van der Waals surface area contributed by atoms with Gasteiger partial charge in [0, 0.05) is 30.0 Å². The lowest BCUT2D eigenvalue weighted by molar-refractivity contribution is 0.562. The molecule has 0 radical (unpaired) electrons. The van der Waals surface area contributed by atoms with Gasteiger partial charge in [-0.15, -0.1) is 11.3 Å². The van der Waals surface area contributed by atoms with Gasteiger partial charge in [0.05, 0.1) is 0 Å². The number of sulfonamides is 1. The number of anilines is 1. The molecule has 3 aromatic heterocycles. The van der Waals surface area contributed by atoms with Crippen LogP contribution in [0.4, 0.5) is 5.82 Å². The molecule has 21 heavy (non-hydrogen) atoms. The largest absolute Gasteiger partial charge is 0.381 e. The van der Waals surface area contributed by atoms with Crippen LogP contribution in [0.15, 0.2) is 41.1 Å². The second-order valence-corrected chi connectivity index (χ2v) is 6.99. The predicted molar refractivity (Wildman–Crippen MR) is 80.5 cm³/mol. The van der Waals surface area contributed by atoms with Gasteiger partial charge in [-0.1, -0.05) is 6.07 Å². The monoisotopic (exact) mass is 323 g/mol. The van der Waals surface area contributed by atoms with Crippen molar-refractivity contribution in [3.8, 4) is 0 Å². The van der Waals surface area contributed by atoms with E-state index in [9.17, 15) is 8.42 Å². The Balaban J connectivity index is 1.98. The maximum absolute atomic E-state index is 12.5. The molecular weight excluding hydrogens is 310 g/mol. The molecular formula is C12H13N5O2S2. The quantitative estimate of drug-likeness (QED) is 0.756. The molecule has 1 atom stereocenters. The number of nitrogen functional groups attached to an aromatic ring is 1. The summed E-state index contributed by atoms with van der Waals surface area (Å²) in [6.45, 7) is 1.75. The average molecular weight is 323 g/mol. The summed E-state index contributed by atoms with van der Waals surface area (Å²) in [5.74, 6) is -0.00673. The Hall–Kier alpha value is -1.97. The zero-order valence-corrected chi connectivity index (χ0v) is 12.7. The number of nitrogens with zero attached hydrogens (tertiary/aromatic N) is 3. The lowest BCUT2D eigenvalue weighted by atomic mass is 10.2. The lowest BCUT2D eigenvalue weighted by Gasteiger charge is -2.14. The zero-order valence-electron chi connectivity index (χ0n) is 11.1. The Bertz CT molecular complexity index is 870. The summed E-state index contributed by atoms with van der Waals surface area (Å²) < 4.78 is 29.1. The van der Waals surface area contributed by atoms with E-state index in [-0.39, 0.29) is 10.8 Å². The molecule has 3 heterocycles. The van der Waals surface area contributed by atoms with E-state index in [4.69, 9.17) is 5.73 Å². The number of hydrogen-bond acceptors (Lipinski definition) is 6. The van der Waals surface area contributed by atoms with Gasteiger partial charge in [0.15, 0.2) is 15.8 Å². The summed E-state index contributed by atoms with van der Waals surface area (Å²) in [5, 5.41) is 1.72. The summed E-state index contributed by atoms with van der Waals surface area (Å²) >= 11 is 1.32. The van der Waals surface area contributed by atoms with Gasteiger partial charge in [0.25, 0.3) is 10.0 Å². The van der Waals surface area contributed by atoms with E-state index in [1.807, 2.05) is 0 Å². The highest BCUT2D eigenvalue weighted by Gasteiger charge is 2.26. The van der Waals surface area contributed by atoms with E-state index in [1.54, 1.807) is 43.0 Å². The maximum Gasteiger partial charge on any atom is 0.260 e. The molecule has 1 unspecified atom stereocenters. The van der Waals surface area contributed by atoms with Crippen LogP contribution in [0.1, 0.15) is 18.5 Å². The lowest BCUT2D eigenvalue weighted by Crippen LogP contribution is -2.28. The molecule has 3 rings (SSSR count). The van der Waals surface area contributed by atoms with E-state index in [2.05, 4.69) is 14.7 Å². The SMILES string of the molecule is CC(NS(=O)(=O)c1c(N)nc2sccn12)c1cccnc1. The summed E-state index contributed by atoms with van der Waals surface area (Å²) in [6.07, 6.45) is 4.88. The van der Waals surface area contributed by atoms with Crippen molar-refractivity contribution in [2.75, 3.05) is 5.73 Å². The molecule has 3 N–H and O–H groups in total. The van der Waals surface area contributed by atoms with Crippen LogP contribution in [0.5, 0.6) is 0 Å². The molecule has 0 amide bonds. The Morgan fingerprint density at radius 1 is 1.48 bits per heavy atom. The molecule has 110 valence electrons. The molecule has 0 spiro atoms. The van der Waals surface area contributed by atoms with Gasteiger partial charge < -0.3 is 5.73 Å². The van der Waals surface area contributed by atoms with Gasteiger partial charge in [0.1, 0.15) is 0 Å². The van der Waals surface area contributed by atoms with E-state index in [0.717, 1.165) is 5.56 Å². The Morgan fingerprint density at radius 3 is 3.00 bits per heavy atom. The number of pyridine rings is 1. The number of nitrogens with two attached hydrogens (primary N) is 1. The minimum absolute atomic E-state index is 0.00673. The Morgan fingerprint density at radius 2 is 2.29 bits per heavy atom. The van der Waals surface area contributed by atoms with Crippen LogP contribution in [0.2, 0.25) is 0 Å². The van der Waals surface area contributed by atoms with Crippen molar-refractivity contribution in [1.82, 2.24) is 19.1 Å². The fourth-order valence-electron chi connectivity index (χ4n) is 2.04. The van der Waals surface area contributed by atoms with Gasteiger partial charge in [-0.2, -0.15) is 0 Å². The summed E-state index contributed by atoms with van der Waals surface area (Å²) in [6, 6.07) is 3.14. The van der Waals surface area contributed by atoms with E-state index < -0.39 is 16.1 Å². The minimum atomic E-state index is -3.79. The fraction of sp³-hybridized carbons (Fsp3) is 0.167. The predicted octanol–water partition coefficient (Wildman–Crippen LogP) is 1.41. The number of fused-ring (bicyclic) bond motifs is 1. The van der Waals surface area contributed by atoms with Crippen LogP contribution < -0.4 is 10.5 Å². The van der Waals surface area contributed by atoms with Crippen molar-refractivity contribution >= 4 is 32.1 Å². The van der Waals surface area contributed by atoms with Crippen LogP contribution in [0.3, 0.4) is 0 Å². The third-order valence-electron chi connectivity index (χ3n) is 3.01. The van der Waals surface area contributed by atoms with Crippen molar-refractivity contribution in [3.63, 3.8) is 0 Å². The molecule has 7 nitrogen and oxygen atoms in total. The van der Waals surface area contributed by atoms with Crippen molar-refractivity contribution in [2.24, 2.45) is 0 Å². The number of thiazole rings is 1. The molecule has 0 bridgehead atoms. The molecule has 3 aromatic rings. The molecule has 0 saturated carbocycles. The summed E-state index contributed by atoms with van der Waals surface area (Å²) in [4.78, 5) is 8.57.